The van der Waals surface area contributed by atoms with Gasteiger partial charge in [0.05, 0.1) is 17.7 Å². The number of carbonyl (C=O) groups is 2. The number of rotatable bonds is 12. The Bertz CT molecular complexity index is 1380. The minimum Gasteiger partial charge on any atom is -0.495 e. The summed E-state index contributed by atoms with van der Waals surface area (Å²) in [5, 5.41) is 2.85. The van der Waals surface area contributed by atoms with Gasteiger partial charge < -0.3 is 15.0 Å². The molecule has 2 amide bonds. The summed E-state index contributed by atoms with van der Waals surface area (Å²) in [6, 6.07) is 19.0. The first-order chi connectivity index (χ1) is 18.6. The van der Waals surface area contributed by atoms with E-state index in [2.05, 4.69) is 5.32 Å². The number of benzene rings is 3. The van der Waals surface area contributed by atoms with Crippen molar-refractivity contribution < 1.29 is 27.1 Å². The molecule has 0 aliphatic carbocycles. The van der Waals surface area contributed by atoms with Crippen LogP contribution in [0.25, 0.3) is 0 Å². The lowest BCUT2D eigenvalue weighted by Gasteiger charge is -2.32. The standard InChI is InChI=1S/C29H34FN3O5S/c1-5-21(2)31-29(35)22(3)32(19-23-13-9-10-16-25(23)30)28(34)20-33(26-17-11-12-18-27(26)38-4)39(36,37)24-14-7-6-8-15-24/h6-18,21-22H,5,19-20H2,1-4H3,(H,31,35)/t21-,22-/m1/s1. The molecule has 0 fully saturated rings. The van der Waals surface area contributed by atoms with E-state index >= 15 is 0 Å². The van der Waals surface area contributed by atoms with E-state index in [1.165, 1.54) is 55.3 Å². The topological polar surface area (TPSA) is 96.0 Å². The largest absolute Gasteiger partial charge is 0.495 e. The summed E-state index contributed by atoms with van der Waals surface area (Å²) in [5.74, 6) is -1.41. The van der Waals surface area contributed by atoms with Crippen LogP contribution in [0, 0.1) is 5.82 Å². The Morgan fingerprint density at radius 3 is 2.21 bits per heavy atom. The lowest BCUT2D eigenvalue weighted by atomic mass is 10.1. The zero-order valence-electron chi connectivity index (χ0n) is 22.5. The molecule has 10 heteroatoms. The fourth-order valence-corrected chi connectivity index (χ4v) is 5.37. The van der Waals surface area contributed by atoms with Gasteiger partial charge in [0.15, 0.2) is 0 Å². The van der Waals surface area contributed by atoms with Crippen molar-refractivity contribution in [3.05, 3.63) is 90.2 Å². The van der Waals surface area contributed by atoms with Crippen LogP contribution in [0.4, 0.5) is 10.1 Å². The second-order valence-electron chi connectivity index (χ2n) is 9.10. The van der Waals surface area contributed by atoms with Gasteiger partial charge in [-0.05, 0) is 50.6 Å². The first-order valence-corrected chi connectivity index (χ1v) is 14.1. The Kier molecular flexibility index (Phi) is 10.1. The molecule has 0 aliphatic rings. The number of nitrogens with zero attached hydrogens (tertiary/aromatic N) is 2. The molecular formula is C29H34FN3O5S. The van der Waals surface area contributed by atoms with Crippen molar-refractivity contribution in [2.24, 2.45) is 0 Å². The van der Waals surface area contributed by atoms with Crippen LogP contribution < -0.4 is 14.4 Å². The number of nitrogens with one attached hydrogen (secondary N) is 1. The number of halogens is 1. The van der Waals surface area contributed by atoms with Crippen LogP contribution in [-0.4, -0.2) is 50.9 Å². The molecule has 0 radical (unpaired) electrons. The third-order valence-electron chi connectivity index (χ3n) is 6.43. The lowest BCUT2D eigenvalue weighted by molar-refractivity contribution is -0.139. The van der Waals surface area contributed by atoms with E-state index in [9.17, 15) is 22.4 Å². The number of hydrogen-bond donors (Lipinski definition) is 1. The zero-order chi connectivity index (χ0) is 28.6. The number of carbonyl (C=O) groups excluding carboxylic acids is 2. The molecule has 208 valence electrons. The highest BCUT2D eigenvalue weighted by Crippen LogP contribution is 2.32. The fourth-order valence-electron chi connectivity index (χ4n) is 3.93. The van der Waals surface area contributed by atoms with Crippen molar-refractivity contribution in [2.75, 3.05) is 18.0 Å². The van der Waals surface area contributed by atoms with Gasteiger partial charge in [-0.15, -0.1) is 0 Å². The Labute approximate surface area is 229 Å². The number of anilines is 1. The summed E-state index contributed by atoms with van der Waals surface area (Å²) in [6.45, 7) is 4.41. The quantitative estimate of drug-likeness (QED) is 0.358. The maximum absolute atomic E-state index is 14.6. The molecule has 3 rings (SSSR count). The second kappa shape index (κ2) is 13.2. The van der Waals surface area contributed by atoms with E-state index in [-0.39, 0.29) is 34.5 Å². The fraction of sp³-hybridized carbons (Fsp3) is 0.310. The third-order valence-corrected chi connectivity index (χ3v) is 8.20. The van der Waals surface area contributed by atoms with Crippen LogP contribution in [0.1, 0.15) is 32.8 Å². The number of methoxy groups -OCH3 is 1. The van der Waals surface area contributed by atoms with E-state index < -0.39 is 40.2 Å². The molecule has 0 aliphatic heterocycles. The van der Waals surface area contributed by atoms with E-state index in [4.69, 9.17) is 4.74 Å². The van der Waals surface area contributed by atoms with E-state index in [1.54, 1.807) is 42.5 Å². The van der Waals surface area contributed by atoms with Crippen LogP contribution in [0.2, 0.25) is 0 Å². The van der Waals surface area contributed by atoms with Gasteiger partial charge >= 0.3 is 0 Å². The number of ether oxygens (including phenoxy) is 1. The molecule has 0 heterocycles. The summed E-state index contributed by atoms with van der Waals surface area (Å²) in [5.41, 5.74) is 0.351. The molecular weight excluding hydrogens is 521 g/mol. The molecule has 0 aromatic heterocycles. The van der Waals surface area contributed by atoms with Crippen molar-refractivity contribution >= 4 is 27.5 Å². The predicted octanol–water partition coefficient (Wildman–Crippen LogP) is 4.36. The summed E-state index contributed by atoms with van der Waals surface area (Å²) in [6.07, 6.45) is 0.677. The second-order valence-corrected chi connectivity index (χ2v) is 11.0. The van der Waals surface area contributed by atoms with Crippen LogP contribution in [0.3, 0.4) is 0 Å². The number of para-hydroxylation sites is 2. The average molecular weight is 556 g/mol. The predicted molar refractivity (Wildman–Crippen MR) is 148 cm³/mol. The van der Waals surface area contributed by atoms with Gasteiger partial charge in [-0.25, -0.2) is 12.8 Å². The molecule has 1 N–H and O–H groups in total. The molecule has 0 saturated carbocycles. The maximum Gasteiger partial charge on any atom is 0.264 e. The Morgan fingerprint density at radius 2 is 1.56 bits per heavy atom. The van der Waals surface area contributed by atoms with E-state index in [0.717, 1.165) is 4.31 Å². The van der Waals surface area contributed by atoms with Crippen molar-refractivity contribution in [1.82, 2.24) is 10.2 Å². The Hall–Kier alpha value is -3.92. The highest BCUT2D eigenvalue weighted by Gasteiger charge is 2.34. The number of sulfonamides is 1. The molecule has 0 unspecified atom stereocenters. The van der Waals surface area contributed by atoms with Gasteiger partial charge in [-0.3, -0.25) is 13.9 Å². The molecule has 3 aromatic rings. The molecule has 0 spiro atoms. The SMILES string of the molecule is CC[C@@H](C)NC(=O)[C@@H](C)N(Cc1ccccc1F)C(=O)CN(c1ccccc1OC)S(=O)(=O)c1ccccc1. The first-order valence-electron chi connectivity index (χ1n) is 12.6. The van der Waals surface area contributed by atoms with E-state index in [0.29, 0.717) is 6.42 Å². The number of amides is 2. The van der Waals surface area contributed by atoms with Crippen molar-refractivity contribution in [3.63, 3.8) is 0 Å². The Balaban J connectivity index is 2.06. The highest BCUT2D eigenvalue weighted by atomic mass is 32.2. The minimum absolute atomic E-state index is 0.0214. The molecule has 0 bridgehead atoms. The van der Waals surface area contributed by atoms with Crippen LogP contribution >= 0.6 is 0 Å². The lowest BCUT2D eigenvalue weighted by Crippen LogP contribution is -2.52. The van der Waals surface area contributed by atoms with E-state index in [1.807, 2.05) is 13.8 Å². The smallest absolute Gasteiger partial charge is 0.264 e. The van der Waals surface area contributed by atoms with Gasteiger partial charge in [0.25, 0.3) is 10.0 Å². The average Bonchev–Trinajstić information content (AvgIpc) is 2.95. The summed E-state index contributed by atoms with van der Waals surface area (Å²) in [4.78, 5) is 28.1. The molecule has 8 nitrogen and oxygen atoms in total. The molecule has 0 saturated heterocycles. The van der Waals surface area contributed by atoms with Gasteiger partial charge in [0, 0.05) is 18.2 Å². The van der Waals surface area contributed by atoms with Crippen molar-refractivity contribution in [3.8, 4) is 5.75 Å². The van der Waals surface area contributed by atoms with Crippen LogP contribution in [0.15, 0.2) is 83.8 Å². The summed E-state index contributed by atoms with van der Waals surface area (Å²) >= 11 is 0. The summed E-state index contributed by atoms with van der Waals surface area (Å²) in [7, 11) is -2.83. The summed E-state index contributed by atoms with van der Waals surface area (Å²) < 4.78 is 48.6. The monoisotopic (exact) mass is 555 g/mol. The van der Waals surface area contributed by atoms with Crippen molar-refractivity contribution in [1.29, 1.82) is 0 Å². The van der Waals surface area contributed by atoms with Gasteiger partial charge in [-0.2, -0.15) is 0 Å². The first kappa shape index (κ1) is 29.6. The highest BCUT2D eigenvalue weighted by molar-refractivity contribution is 7.92. The zero-order valence-corrected chi connectivity index (χ0v) is 23.3. The van der Waals surface area contributed by atoms with Crippen LogP contribution in [-0.2, 0) is 26.2 Å². The molecule has 3 aromatic carbocycles. The van der Waals surface area contributed by atoms with Crippen molar-refractivity contribution in [2.45, 2.75) is 50.7 Å². The normalized spacial score (nSPS) is 12.7. The molecule has 2 atom stereocenters. The third kappa shape index (κ3) is 7.14. The maximum atomic E-state index is 14.6. The van der Waals surface area contributed by atoms with Gasteiger partial charge in [0.2, 0.25) is 11.8 Å². The molecule has 39 heavy (non-hydrogen) atoms. The minimum atomic E-state index is -4.23. The Morgan fingerprint density at radius 1 is 0.949 bits per heavy atom. The van der Waals surface area contributed by atoms with Gasteiger partial charge in [0.1, 0.15) is 24.2 Å². The van der Waals surface area contributed by atoms with Crippen LogP contribution in [0.5, 0.6) is 5.75 Å². The van der Waals surface area contributed by atoms with Gasteiger partial charge in [-0.1, -0.05) is 55.5 Å². The number of hydrogen-bond acceptors (Lipinski definition) is 5.